The summed E-state index contributed by atoms with van der Waals surface area (Å²) < 4.78 is 10.4. The predicted octanol–water partition coefficient (Wildman–Crippen LogP) is 1.74. The van der Waals surface area contributed by atoms with Gasteiger partial charge in [-0.1, -0.05) is 0 Å². The number of hydrogen-bond donors (Lipinski definition) is 1. The maximum Gasteiger partial charge on any atom is 0.132 e. The lowest BCUT2D eigenvalue weighted by Gasteiger charge is -2.25. The van der Waals surface area contributed by atoms with Crippen LogP contribution >= 0.6 is 0 Å². The average molecular weight is 182 g/mol. The van der Waals surface area contributed by atoms with E-state index in [0.717, 1.165) is 26.1 Å². The van der Waals surface area contributed by atoms with Crippen molar-refractivity contribution in [3.05, 3.63) is 24.2 Å². The van der Waals surface area contributed by atoms with Crippen LogP contribution in [0.4, 0.5) is 0 Å². The fourth-order valence-electron chi connectivity index (χ4n) is 1.72. The van der Waals surface area contributed by atoms with E-state index in [1.807, 2.05) is 6.07 Å². The van der Waals surface area contributed by atoms with Gasteiger partial charge in [0, 0.05) is 13.2 Å². The Morgan fingerprint density at radius 2 is 2.15 bits per heavy atom. The lowest BCUT2D eigenvalue weighted by molar-refractivity contribution is -0.00107. The van der Waals surface area contributed by atoms with Crippen LogP contribution in [0.15, 0.2) is 22.8 Å². The molecule has 1 aliphatic rings. The smallest absolute Gasteiger partial charge is 0.132 e. The van der Waals surface area contributed by atoms with Crippen molar-refractivity contribution in [1.29, 1.82) is 0 Å². The molecule has 0 radical (unpaired) electrons. The maximum absolute atomic E-state index is 9.88. The van der Waals surface area contributed by atoms with Gasteiger partial charge >= 0.3 is 0 Å². The molecular weight excluding hydrogens is 168 g/mol. The van der Waals surface area contributed by atoms with Crippen LogP contribution in [0.2, 0.25) is 0 Å². The summed E-state index contributed by atoms with van der Waals surface area (Å²) in [5.74, 6) is 0.965. The van der Waals surface area contributed by atoms with Gasteiger partial charge in [0.2, 0.25) is 0 Å². The molecular formula is C10H14O3. The molecule has 3 nitrogen and oxygen atoms in total. The third-order valence-electron chi connectivity index (χ3n) is 2.55. The maximum atomic E-state index is 9.88. The first-order valence-corrected chi connectivity index (χ1v) is 4.67. The molecule has 1 fully saturated rings. The second kappa shape index (κ2) is 3.94. The van der Waals surface area contributed by atoms with Gasteiger partial charge in [-0.05, 0) is 30.9 Å². The highest BCUT2D eigenvalue weighted by molar-refractivity contribution is 5.03. The van der Waals surface area contributed by atoms with Crippen molar-refractivity contribution in [3.8, 4) is 0 Å². The van der Waals surface area contributed by atoms with Gasteiger partial charge in [0.15, 0.2) is 0 Å². The molecule has 3 heteroatoms. The Morgan fingerprint density at radius 1 is 1.38 bits per heavy atom. The van der Waals surface area contributed by atoms with E-state index >= 15 is 0 Å². The third-order valence-corrected chi connectivity index (χ3v) is 2.55. The molecule has 0 aliphatic carbocycles. The molecule has 1 saturated heterocycles. The van der Waals surface area contributed by atoms with Crippen LogP contribution in [-0.2, 0) is 4.74 Å². The molecule has 1 atom stereocenters. The van der Waals surface area contributed by atoms with Gasteiger partial charge in [-0.2, -0.15) is 0 Å². The lowest BCUT2D eigenvalue weighted by atomic mass is 9.92. The van der Waals surface area contributed by atoms with Gasteiger partial charge in [0.05, 0.1) is 6.26 Å². The summed E-state index contributed by atoms with van der Waals surface area (Å²) in [7, 11) is 0. The molecule has 72 valence electrons. The van der Waals surface area contributed by atoms with Crippen LogP contribution in [0.25, 0.3) is 0 Å². The Bertz CT molecular complexity index is 237. The van der Waals surface area contributed by atoms with E-state index in [1.165, 1.54) is 0 Å². The number of hydrogen-bond acceptors (Lipinski definition) is 3. The van der Waals surface area contributed by atoms with Crippen molar-refractivity contribution in [1.82, 2.24) is 0 Å². The van der Waals surface area contributed by atoms with Crippen molar-refractivity contribution < 1.29 is 14.3 Å². The zero-order valence-electron chi connectivity index (χ0n) is 7.48. The topological polar surface area (TPSA) is 42.6 Å². The Hall–Kier alpha value is -0.800. The van der Waals surface area contributed by atoms with Crippen molar-refractivity contribution in [2.75, 3.05) is 13.2 Å². The number of aliphatic hydroxyl groups is 1. The first kappa shape index (κ1) is 8.78. The minimum Gasteiger partial charge on any atom is -0.467 e. The van der Waals surface area contributed by atoms with E-state index < -0.39 is 6.10 Å². The summed E-state index contributed by atoms with van der Waals surface area (Å²) in [6.07, 6.45) is 2.97. The van der Waals surface area contributed by atoms with Crippen LogP contribution in [0, 0.1) is 5.92 Å². The Kier molecular flexibility index (Phi) is 2.66. The van der Waals surface area contributed by atoms with E-state index in [9.17, 15) is 5.11 Å². The summed E-state index contributed by atoms with van der Waals surface area (Å²) in [6, 6.07) is 3.62. The first-order chi connectivity index (χ1) is 6.38. The molecule has 0 aromatic carbocycles. The SMILES string of the molecule is OC(c1ccco1)C1CCOCC1. The molecule has 0 amide bonds. The summed E-state index contributed by atoms with van der Waals surface area (Å²) >= 11 is 0. The van der Waals surface area contributed by atoms with Crippen LogP contribution in [0.3, 0.4) is 0 Å². The zero-order valence-corrected chi connectivity index (χ0v) is 7.48. The number of furan rings is 1. The van der Waals surface area contributed by atoms with E-state index in [1.54, 1.807) is 12.3 Å². The number of rotatable bonds is 2. The molecule has 1 unspecified atom stereocenters. The number of aliphatic hydroxyl groups excluding tert-OH is 1. The summed E-state index contributed by atoms with van der Waals surface area (Å²) in [6.45, 7) is 1.50. The van der Waals surface area contributed by atoms with Crippen LogP contribution in [0.1, 0.15) is 24.7 Å². The molecule has 2 heterocycles. The molecule has 13 heavy (non-hydrogen) atoms. The minimum absolute atomic E-state index is 0.292. The van der Waals surface area contributed by atoms with Crippen molar-refractivity contribution in [3.63, 3.8) is 0 Å². The molecule has 1 aliphatic heterocycles. The van der Waals surface area contributed by atoms with Crippen LogP contribution in [0.5, 0.6) is 0 Å². The summed E-state index contributed by atoms with van der Waals surface area (Å²) in [5, 5.41) is 9.88. The fourth-order valence-corrected chi connectivity index (χ4v) is 1.72. The molecule has 1 aromatic rings. The van der Waals surface area contributed by atoms with E-state index in [4.69, 9.17) is 9.15 Å². The minimum atomic E-state index is -0.459. The second-order valence-corrected chi connectivity index (χ2v) is 3.41. The van der Waals surface area contributed by atoms with Gasteiger partial charge in [-0.15, -0.1) is 0 Å². The highest BCUT2D eigenvalue weighted by Gasteiger charge is 2.24. The van der Waals surface area contributed by atoms with Gasteiger partial charge in [0.25, 0.3) is 0 Å². The van der Waals surface area contributed by atoms with Crippen LogP contribution < -0.4 is 0 Å². The lowest BCUT2D eigenvalue weighted by Crippen LogP contribution is -2.21. The molecule has 2 rings (SSSR count). The highest BCUT2D eigenvalue weighted by atomic mass is 16.5. The fraction of sp³-hybridized carbons (Fsp3) is 0.600. The van der Waals surface area contributed by atoms with Gasteiger partial charge in [-0.3, -0.25) is 0 Å². The largest absolute Gasteiger partial charge is 0.467 e. The normalized spacial score (nSPS) is 21.6. The predicted molar refractivity (Wildman–Crippen MR) is 47.2 cm³/mol. The zero-order chi connectivity index (χ0) is 9.10. The Morgan fingerprint density at radius 3 is 2.77 bits per heavy atom. The van der Waals surface area contributed by atoms with Gasteiger partial charge in [0.1, 0.15) is 11.9 Å². The standard InChI is InChI=1S/C10H14O3/c11-10(9-2-1-5-13-9)8-3-6-12-7-4-8/h1-2,5,8,10-11H,3-4,6-7H2. The van der Waals surface area contributed by atoms with Crippen LogP contribution in [-0.4, -0.2) is 18.3 Å². The monoisotopic (exact) mass is 182 g/mol. The average Bonchev–Trinajstić information content (AvgIpc) is 2.71. The van der Waals surface area contributed by atoms with Gasteiger partial charge < -0.3 is 14.3 Å². The first-order valence-electron chi connectivity index (χ1n) is 4.67. The highest BCUT2D eigenvalue weighted by Crippen LogP contribution is 2.29. The molecule has 0 saturated carbocycles. The van der Waals surface area contributed by atoms with Crippen molar-refractivity contribution >= 4 is 0 Å². The second-order valence-electron chi connectivity index (χ2n) is 3.41. The summed E-state index contributed by atoms with van der Waals surface area (Å²) in [4.78, 5) is 0. The van der Waals surface area contributed by atoms with E-state index in [-0.39, 0.29) is 0 Å². The van der Waals surface area contributed by atoms with Crippen molar-refractivity contribution in [2.45, 2.75) is 18.9 Å². The number of ether oxygens (including phenoxy) is 1. The van der Waals surface area contributed by atoms with E-state index in [2.05, 4.69) is 0 Å². The Balaban J connectivity index is 1.99. The molecule has 1 N–H and O–H groups in total. The van der Waals surface area contributed by atoms with E-state index in [0.29, 0.717) is 11.7 Å². The van der Waals surface area contributed by atoms with Crippen molar-refractivity contribution in [2.24, 2.45) is 5.92 Å². The Labute approximate surface area is 77.3 Å². The summed E-state index contributed by atoms with van der Waals surface area (Å²) in [5.41, 5.74) is 0. The molecule has 0 bridgehead atoms. The molecule has 0 spiro atoms. The third kappa shape index (κ3) is 1.92. The van der Waals surface area contributed by atoms with Gasteiger partial charge in [-0.25, -0.2) is 0 Å². The quantitative estimate of drug-likeness (QED) is 0.757. The molecule has 1 aromatic heterocycles.